The molecule has 2 heterocycles. The summed E-state index contributed by atoms with van der Waals surface area (Å²) >= 11 is 0. The standard InChI is InChI=1S/C13H15N3O/c1-3-11-6-12(4-2)16(15-11)13-5-10(9-17)7-14-8-13/h5-9H,3-4H2,1-2H3. The Labute approximate surface area is 100 Å². The van der Waals surface area contributed by atoms with Gasteiger partial charge >= 0.3 is 0 Å². The second-order valence-electron chi connectivity index (χ2n) is 3.84. The van der Waals surface area contributed by atoms with E-state index in [4.69, 9.17) is 0 Å². The molecule has 0 saturated carbocycles. The van der Waals surface area contributed by atoms with Crippen LogP contribution >= 0.6 is 0 Å². The first kappa shape index (κ1) is 11.5. The highest BCUT2D eigenvalue weighted by atomic mass is 16.1. The van der Waals surface area contributed by atoms with E-state index in [1.165, 1.54) is 0 Å². The Bertz CT molecular complexity index is 531. The van der Waals surface area contributed by atoms with Crippen LogP contribution in [0.2, 0.25) is 0 Å². The molecule has 0 aromatic carbocycles. The van der Waals surface area contributed by atoms with Crippen LogP contribution in [0.5, 0.6) is 0 Å². The molecule has 0 radical (unpaired) electrons. The van der Waals surface area contributed by atoms with E-state index in [9.17, 15) is 4.79 Å². The van der Waals surface area contributed by atoms with E-state index >= 15 is 0 Å². The Hall–Kier alpha value is -1.97. The summed E-state index contributed by atoms with van der Waals surface area (Å²) < 4.78 is 1.86. The molecular weight excluding hydrogens is 214 g/mol. The van der Waals surface area contributed by atoms with Crippen LogP contribution in [0.25, 0.3) is 5.69 Å². The summed E-state index contributed by atoms with van der Waals surface area (Å²) in [5.74, 6) is 0. The van der Waals surface area contributed by atoms with Crippen molar-refractivity contribution in [3.63, 3.8) is 0 Å². The van der Waals surface area contributed by atoms with Gasteiger partial charge < -0.3 is 0 Å². The van der Waals surface area contributed by atoms with Crippen molar-refractivity contribution in [1.82, 2.24) is 14.8 Å². The highest BCUT2D eigenvalue weighted by Gasteiger charge is 2.07. The lowest BCUT2D eigenvalue weighted by molar-refractivity contribution is 0.112. The zero-order chi connectivity index (χ0) is 12.3. The number of carbonyl (C=O) groups is 1. The molecule has 0 saturated heterocycles. The number of hydrogen-bond acceptors (Lipinski definition) is 3. The van der Waals surface area contributed by atoms with E-state index in [-0.39, 0.29) is 0 Å². The molecule has 0 N–H and O–H groups in total. The molecule has 17 heavy (non-hydrogen) atoms. The molecule has 2 aromatic rings. The third-order valence-corrected chi connectivity index (χ3v) is 2.68. The number of aryl methyl sites for hydroxylation is 2. The van der Waals surface area contributed by atoms with E-state index in [0.717, 1.165) is 36.2 Å². The molecule has 2 rings (SSSR count). The fourth-order valence-corrected chi connectivity index (χ4v) is 1.75. The Balaban J connectivity index is 2.50. The predicted octanol–water partition coefficient (Wildman–Crippen LogP) is 2.20. The molecule has 0 spiro atoms. The van der Waals surface area contributed by atoms with Crippen LogP contribution in [0, 0.1) is 0 Å². The number of aromatic nitrogens is 3. The van der Waals surface area contributed by atoms with Crippen molar-refractivity contribution in [1.29, 1.82) is 0 Å². The van der Waals surface area contributed by atoms with Crippen LogP contribution in [0.15, 0.2) is 24.5 Å². The molecule has 0 amide bonds. The Morgan fingerprint density at radius 2 is 2.06 bits per heavy atom. The summed E-state index contributed by atoms with van der Waals surface area (Å²) in [5.41, 5.74) is 3.59. The van der Waals surface area contributed by atoms with Gasteiger partial charge in [-0.25, -0.2) is 4.68 Å². The average molecular weight is 229 g/mol. The molecule has 88 valence electrons. The van der Waals surface area contributed by atoms with Gasteiger partial charge in [-0.3, -0.25) is 9.78 Å². The smallest absolute Gasteiger partial charge is 0.151 e. The molecule has 0 aliphatic carbocycles. The summed E-state index contributed by atoms with van der Waals surface area (Å²) in [6.07, 6.45) is 5.87. The maximum atomic E-state index is 10.7. The molecule has 0 bridgehead atoms. The highest BCUT2D eigenvalue weighted by Crippen LogP contribution is 2.13. The van der Waals surface area contributed by atoms with Gasteiger partial charge in [-0.1, -0.05) is 13.8 Å². The minimum absolute atomic E-state index is 0.568. The van der Waals surface area contributed by atoms with E-state index in [0.29, 0.717) is 5.56 Å². The van der Waals surface area contributed by atoms with Gasteiger partial charge in [-0.05, 0) is 25.0 Å². The van der Waals surface area contributed by atoms with Crippen molar-refractivity contribution in [3.8, 4) is 5.69 Å². The third kappa shape index (κ3) is 2.25. The first-order valence-corrected chi connectivity index (χ1v) is 5.76. The Morgan fingerprint density at radius 1 is 1.24 bits per heavy atom. The quantitative estimate of drug-likeness (QED) is 0.755. The van der Waals surface area contributed by atoms with Crippen molar-refractivity contribution in [2.45, 2.75) is 26.7 Å². The summed E-state index contributed by atoms with van der Waals surface area (Å²) in [5, 5.41) is 4.51. The van der Waals surface area contributed by atoms with E-state index in [1.54, 1.807) is 18.5 Å². The number of pyridine rings is 1. The molecule has 2 aromatic heterocycles. The SMILES string of the molecule is CCc1cc(CC)n(-c2cncc(C=O)c2)n1. The maximum Gasteiger partial charge on any atom is 0.151 e. The first-order chi connectivity index (χ1) is 8.28. The summed E-state index contributed by atoms with van der Waals surface area (Å²) in [6.45, 7) is 4.16. The predicted molar refractivity (Wildman–Crippen MR) is 65.5 cm³/mol. The number of rotatable bonds is 4. The van der Waals surface area contributed by atoms with Crippen LogP contribution in [-0.4, -0.2) is 21.1 Å². The number of hydrogen-bond donors (Lipinski definition) is 0. The topological polar surface area (TPSA) is 47.8 Å². The molecular formula is C13H15N3O. The van der Waals surface area contributed by atoms with Crippen LogP contribution in [0.4, 0.5) is 0 Å². The van der Waals surface area contributed by atoms with Crippen molar-refractivity contribution in [2.75, 3.05) is 0 Å². The van der Waals surface area contributed by atoms with Gasteiger partial charge in [0.2, 0.25) is 0 Å². The van der Waals surface area contributed by atoms with Crippen molar-refractivity contribution in [3.05, 3.63) is 41.5 Å². The van der Waals surface area contributed by atoms with E-state index in [1.807, 2.05) is 4.68 Å². The lowest BCUT2D eigenvalue weighted by Crippen LogP contribution is -2.03. The third-order valence-electron chi connectivity index (χ3n) is 2.68. The largest absolute Gasteiger partial charge is 0.298 e. The van der Waals surface area contributed by atoms with Crippen LogP contribution in [0.3, 0.4) is 0 Å². The lowest BCUT2D eigenvalue weighted by Gasteiger charge is -2.05. The van der Waals surface area contributed by atoms with E-state index in [2.05, 4.69) is 30.0 Å². The van der Waals surface area contributed by atoms with Gasteiger partial charge in [0, 0.05) is 17.5 Å². The summed E-state index contributed by atoms with van der Waals surface area (Å²) in [7, 11) is 0. The van der Waals surface area contributed by atoms with Gasteiger partial charge in [-0.15, -0.1) is 0 Å². The van der Waals surface area contributed by atoms with E-state index < -0.39 is 0 Å². The van der Waals surface area contributed by atoms with Gasteiger partial charge in [0.1, 0.15) is 0 Å². The second-order valence-corrected chi connectivity index (χ2v) is 3.84. The number of carbonyl (C=O) groups excluding carboxylic acids is 1. The van der Waals surface area contributed by atoms with Gasteiger partial charge in [-0.2, -0.15) is 5.10 Å². The molecule has 0 atom stereocenters. The zero-order valence-corrected chi connectivity index (χ0v) is 10.1. The molecule has 4 heteroatoms. The second kappa shape index (κ2) is 4.91. The Kier molecular flexibility index (Phi) is 3.32. The zero-order valence-electron chi connectivity index (χ0n) is 10.1. The Morgan fingerprint density at radius 3 is 2.71 bits per heavy atom. The molecule has 0 aliphatic rings. The maximum absolute atomic E-state index is 10.7. The van der Waals surface area contributed by atoms with Gasteiger partial charge in [0.25, 0.3) is 0 Å². The number of nitrogens with zero attached hydrogens (tertiary/aromatic N) is 3. The summed E-state index contributed by atoms with van der Waals surface area (Å²) in [6, 6.07) is 3.89. The van der Waals surface area contributed by atoms with Crippen molar-refractivity contribution < 1.29 is 4.79 Å². The molecule has 4 nitrogen and oxygen atoms in total. The molecule has 0 aliphatic heterocycles. The van der Waals surface area contributed by atoms with Crippen molar-refractivity contribution in [2.24, 2.45) is 0 Å². The van der Waals surface area contributed by atoms with Gasteiger partial charge in [0.15, 0.2) is 6.29 Å². The monoisotopic (exact) mass is 229 g/mol. The van der Waals surface area contributed by atoms with Gasteiger partial charge in [0.05, 0.1) is 17.6 Å². The summed E-state index contributed by atoms with van der Waals surface area (Å²) in [4.78, 5) is 14.8. The minimum Gasteiger partial charge on any atom is -0.298 e. The van der Waals surface area contributed by atoms with Crippen molar-refractivity contribution >= 4 is 6.29 Å². The first-order valence-electron chi connectivity index (χ1n) is 5.76. The van der Waals surface area contributed by atoms with Crippen LogP contribution < -0.4 is 0 Å². The average Bonchev–Trinajstić information content (AvgIpc) is 2.82. The molecule has 0 fully saturated rings. The van der Waals surface area contributed by atoms with Crippen LogP contribution in [0.1, 0.15) is 35.6 Å². The van der Waals surface area contributed by atoms with Crippen LogP contribution in [-0.2, 0) is 12.8 Å². The normalized spacial score (nSPS) is 10.5. The fraction of sp³-hybridized carbons (Fsp3) is 0.308. The highest BCUT2D eigenvalue weighted by molar-refractivity contribution is 5.75. The molecule has 0 unspecified atom stereocenters. The lowest BCUT2D eigenvalue weighted by atomic mass is 10.2. The fourth-order valence-electron chi connectivity index (χ4n) is 1.75. The minimum atomic E-state index is 0.568. The number of aldehydes is 1.